The Balaban J connectivity index is 1.98. The number of hydrogen-bond donors (Lipinski definition) is 4. The summed E-state index contributed by atoms with van der Waals surface area (Å²) in [4.78, 5) is 38.9. The van der Waals surface area contributed by atoms with E-state index in [1.165, 1.54) is 0 Å². The first kappa shape index (κ1) is 29.0. The number of aliphatic hydroxyl groups excluding tert-OH is 2. The summed E-state index contributed by atoms with van der Waals surface area (Å²) >= 11 is 0. The average molecular weight is 571 g/mol. The maximum atomic E-state index is 11.1. The number of ether oxygens (including phenoxy) is 2. The Morgan fingerprint density at radius 2 is 1.31 bits per heavy atom. The summed E-state index contributed by atoms with van der Waals surface area (Å²) in [6.45, 7) is 12.0. The normalized spacial score (nSPS) is 14.7. The summed E-state index contributed by atoms with van der Waals surface area (Å²) in [5.41, 5.74) is 11.7. The molecule has 42 heavy (non-hydrogen) atoms. The van der Waals surface area contributed by atoms with E-state index < -0.39 is 12.2 Å². The summed E-state index contributed by atoms with van der Waals surface area (Å²) in [6.07, 6.45) is -1.54. The third kappa shape index (κ3) is 5.03. The first-order valence-electron chi connectivity index (χ1n) is 13.7. The van der Waals surface area contributed by atoms with Gasteiger partial charge in [-0.1, -0.05) is 0 Å². The van der Waals surface area contributed by atoms with Gasteiger partial charge in [-0.25, -0.2) is 9.97 Å². The molecule has 0 aliphatic carbocycles. The fourth-order valence-corrected chi connectivity index (χ4v) is 5.82. The van der Waals surface area contributed by atoms with Crippen molar-refractivity contribution in [1.82, 2.24) is 19.9 Å². The fourth-order valence-electron chi connectivity index (χ4n) is 5.82. The van der Waals surface area contributed by atoms with Crippen molar-refractivity contribution in [3.05, 3.63) is 69.3 Å². The minimum absolute atomic E-state index is 0.0220. The third-order valence-electron chi connectivity index (χ3n) is 8.06. The highest BCUT2D eigenvalue weighted by Crippen LogP contribution is 2.37. The van der Waals surface area contributed by atoms with E-state index in [4.69, 9.17) is 19.4 Å². The smallest absolute Gasteiger partial charge is 0.293 e. The highest BCUT2D eigenvalue weighted by atomic mass is 16.5. The van der Waals surface area contributed by atoms with Crippen LogP contribution < -0.4 is 0 Å². The predicted octanol–water partition coefficient (Wildman–Crippen LogP) is 5.07. The van der Waals surface area contributed by atoms with Crippen LogP contribution in [0.15, 0.2) is 24.3 Å². The Bertz CT molecular complexity index is 1820. The van der Waals surface area contributed by atoms with Crippen LogP contribution in [0.2, 0.25) is 0 Å². The maximum absolute atomic E-state index is 11.1. The molecule has 2 atom stereocenters. The zero-order valence-corrected chi connectivity index (χ0v) is 24.5. The molecule has 0 saturated heterocycles. The zero-order valence-electron chi connectivity index (χ0n) is 24.5. The number of H-pyrrole nitrogens is 2. The molecule has 10 nitrogen and oxygen atoms in total. The fraction of sp³-hybridized carbons (Fsp3) is 0.312. The van der Waals surface area contributed by atoms with Gasteiger partial charge in [0.05, 0.1) is 35.0 Å². The average Bonchev–Trinajstić information content (AvgIpc) is 3.60. The number of hydrogen-bond acceptors (Lipinski definition) is 8. The van der Waals surface area contributed by atoms with Crippen molar-refractivity contribution in [1.29, 1.82) is 0 Å². The Kier molecular flexibility index (Phi) is 7.85. The van der Waals surface area contributed by atoms with Gasteiger partial charge < -0.3 is 29.7 Å². The topological polar surface area (TPSA) is 150 Å². The number of aliphatic hydroxyl groups is 2. The maximum Gasteiger partial charge on any atom is 0.293 e. The summed E-state index contributed by atoms with van der Waals surface area (Å²) < 4.78 is 10.3. The lowest BCUT2D eigenvalue weighted by Crippen LogP contribution is -2.02. The molecule has 3 aromatic heterocycles. The molecule has 0 radical (unpaired) electrons. The molecule has 5 heterocycles. The van der Waals surface area contributed by atoms with Crippen LogP contribution in [-0.2, 0) is 25.7 Å². The van der Waals surface area contributed by atoms with Crippen LogP contribution in [0.1, 0.15) is 78.8 Å². The minimum Gasteiger partial charge on any atom is -0.463 e. The number of rotatable bonds is 8. The summed E-state index contributed by atoms with van der Waals surface area (Å²) in [7, 11) is 0. The van der Waals surface area contributed by atoms with Gasteiger partial charge in [-0.05, 0) is 88.1 Å². The Morgan fingerprint density at radius 1 is 0.714 bits per heavy atom. The van der Waals surface area contributed by atoms with Crippen molar-refractivity contribution in [2.24, 2.45) is 0 Å². The molecule has 2 aliphatic rings. The van der Waals surface area contributed by atoms with Crippen molar-refractivity contribution < 1.29 is 29.3 Å². The van der Waals surface area contributed by atoms with Gasteiger partial charge in [0.15, 0.2) is 0 Å². The lowest BCUT2D eigenvalue weighted by molar-refractivity contribution is -0.130. The molecule has 4 N–H and O–H groups in total. The van der Waals surface area contributed by atoms with Gasteiger partial charge >= 0.3 is 0 Å². The Morgan fingerprint density at radius 3 is 1.98 bits per heavy atom. The summed E-state index contributed by atoms with van der Waals surface area (Å²) in [5.74, 6) is 0. The van der Waals surface area contributed by atoms with Crippen LogP contribution >= 0.6 is 0 Å². The molecule has 5 rings (SSSR count). The molecule has 10 heteroatoms. The van der Waals surface area contributed by atoms with E-state index in [0.717, 1.165) is 50.0 Å². The van der Waals surface area contributed by atoms with Gasteiger partial charge in [-0.3, -0.25) is 9.59 Å². The van der Waals surface area contributed by atoms with Crippen molar-refractivity contribution in [2.45, 2.75) is 60.4 Å². The number of carbonyl (C=O) groups excluding carboxylic acids is 2. The first-order valence-corrected chi connectivity index (χ1v) is 13.7. The Hall–Kier alpha value is -4.54. The van der Waals surface area contributed by atoms with Crippen LogP contribution in [0.5, 0.6) is 0 Å². The molecule has 2 aliphatic heterocycles. The highest BCUT2D eigenvalue weighted by molar-refractivity contribution is 5.96. The van der Waals surface area contributed by atoms with Crippen LogP contribution in [0.3, 0.4) is 0 Å². The van der Waals surface area contributed by atoms with Gasteiger partial charge in [0.25, 0.3) is 12.9 Å². The second-order valence-electron chi connectivity index (χ2n) is 10.7. The summed E-state index contributed by atoms with van der Waals surface area (Å²) in [6, 6.07) is 7.52. The van der Waals surface area contributed by atoms with E-state index in [2.05, 4.69) is 9.97 Å². The number of aromatic amines is 2. The standard InChI is InChI=1S/C32H34N4O6/c1-15-21(11-41-13-37)27-10-28-22(12-42-14-38)16(2)24(34-28)8-29-32(20(6)40)18(4)26(36-29)9-30-31(19(5)39)17(3)25(35-30)7-23(15)33-27/h7-10,13-14,19-20,34,36,39-40H,11-12H2,1-6H3. The SMILES string of the molecule is CC1=C(COC=O)c2cc3[nH]c(cc4[nH]c(cc5nc(cc1n2)C(C)=C5C(C)O)c(C)c4C(C)O)c(C)c3COC=O. The quantitative estimate of drug-likeness (QED) is 0.274. The number of fused-ring (bicyclic) bond motifs is 8. The van der Waals surface area contributed by atoms with E-state index in [1.807, 2.05) is 52.0 Å². The Labute approximate surface area is 242 Å². The predicted molar refractivity (Wildman–Crippen MR) is 161 cm³/mol. The van der Waals surface area contributed by atoms with Crippen LogP contribution in [0.25, 0.3) is 44.4 Å². The second-order valence-corrected chi connectivity index (χ2v) is 10.7. The number of carbonyl (C=O) groups is 2. The third-order valence-corrected chi connectivity index (χ3v) is 8.06. The number of allylic oxidation sites excluding steroid dienone is 2. The monoisotopic (exact) mass is 570 g/mol. The molecule has 0 aromatic carbocycles. The molecule has 218 valence electrons. The number of nitrogens with one attached hydrogen (secondary N) is 2. The van der Waals surface area contributed by atoms with E-state index >= 15 is 0 Å². The van der Waals surface area contributed by atoms with Gasteiger partial charge in [-0.15, -0.1) is 0 Å². The number of nitrogens with zero attached hydrogens (tertiary/aromatic N) is 2. The molecule has 0 amide bonds. The molecule has 0 saturated carbocycles. The van der Waals surface area contributed by atoms with Gasteiger partial charge in [-0.2, -0.15) is 0 Å². The molecule has 3 aromatic rings. The molecule has 8 bridgehead atoms. The molecule has 0 spiro atoms. The van der Waals surface area contributed by atoms with Gasteiger partial charge in [0.2, 0.25) is 0 Å². The largest absolute Gasteiger partial charge is 0.463 e. The van der Waals surface area contributed by atoms with Crippen LogP contribution in [-0.4, -0.2) is 55.8 Å². The van der Waals surface area contributed by atoms with E-state index in [1.54, 1.807) is 13.8 Å². The zero-order chi connectivity index (χ0) is 30.3. The van der Waals surface area contributed by atoms with Crippen molar-refractivity contribution >= 4 is 57.3 Å². The van der Waals surface area contributed by atoms with Crippen LogP contribution in [0.4, 0.5) is 0 Å². The van der Waals surface area contributed by atoms with Crippen LogP contribution in [0, 0.1) is 13.8 Å². The van der Waals surface area contributed by atoms with Crippen molar-refractivity contribution in [3.63, 3.8) is 0 Å². The van der Waals surface area contributed by atoms with E-state index in [-0.39, 0.29) is 13.2 Å². The van der Waals surface area contributed by atoms with Crippen molar-refractivity contribution in [2.75, 3.05) is 6.61 Å². The van der Waals surface area contributed by atoms with E-state index in [9.17, 15) is 19.8 Å². The molecule has 0 fully saturated rings. The number of aromatic nitrogens is 4. The van der Waals surface area contributed by atoms with Gasteiger partial charge in [0.1, 0.15) is 13.2 Å². The lowest BCUT2D eigenvalue weighted by Gasteiger charge is -2.07. The molecular formula is C32H34N4O6. The van der Waals surface area contributed by atoms with Crippen molar-refractivity contribution in [3.8, 4) is 0 Å². The van der Waals surface area contributed by atoms with Gasteiger partial charge in [0, 0.05) is 44.3 Å². The summed E-state index contributed by atoms with van der Waals surface area (Å²) in [5, 5.41) is 21.5. The van der Waals surface area contributed by atoms with E-state index in [0.29, 0.717) is 52.3 Å². The second kappa shape index (κ2) is 11.4. The molecular weight excluding hydrogens is 536 g/mol. The number of aryl methyl sites for hydroxylation is 2. The lowest BCUT2D eigenvalue weighted by atomic mass is 10.0. The first-order chi connectivity index (χ1) is 20.0. The molecule has 2 unspecified atom stereocenters. The minimum atomic E-state index is -0.772. The highest BCUT2D eigenvalue weighted by Gasteiger charge is 2.24.